The van der Waals surface area contributed by atoms with Crippen molar-refractivity contribution in [2.45, 2.75) is 0 Å². The first-order valence-corrected chi connectivity index (χ1v) is 4.61. The fraction of sp³-hybridized carbons (Fsp3) is 0.333. The van der Waals surface area contributed by atoms with Crippen LogP contribution in [0.15, 0.2) is 0 Å². The van der Waals surface area contributed by atoms with Crippen LogP contribution >= 0.6 is 7.60 Å². The molecule has 2 amide bonds. The fourth-order valence-corrected chi connectivity index (χ4v) is 0.142. The Morgan fingerprint density at radius 2 is 1.85 bits per heavy atom. The summed E-state index contributed by atoms with van der Waals surface area (Å²) in [4.78, 5) is 26.5. The Balaban J connectivity index is -0.000000150. The van der Waals surface area contributed by atoms with Gasteiger partial charge in [0.15, 0.2) is 0 Å². The first-order valence-electron chi connectivity index (χ1n) is 2.58. The predicted molar refractivity (Wildman–Crippen MR) is 43.2 cm³/mol. The van der Waals surface area contributed by atoms with Crippen molar-refractivity contribution in [3.63, 3.8) is 0 Å². The van der Waals surface area contributed by atoms with Crippen LogP contribution in [0.4, 0.5) is 4.79 Å². The van der Waals surface area contributed by atoms with E-state index < -0.39 is 13.6 Å². The van der Waals surface area contributed by atoms with Crippen molar-refractivity contribution in [2.75, 3.05) is 6.66 Å². The van der Waals surface area contributed by atoms with Gasteiger partial charge in [-0.15, -0.1) is 0 Å². The first-order chi connectivity index (χ1) is 5.13. The molecule has 0 aliphatic rings. The third-order valence-corrected chi connectivity index (χ3v) is 0.268. The van der Waals surface area contributed by atoms with Crippen LogP contribution in [0.1, 0.15) is 0 Å². The Labute approximate surface area is 74.1 Å². The van der Waals surface area contributed by atoms with Gasteiger partial charge < -0.3 is 25.6 Å². The second kappa shape index (κ2) is 7.50. The second-order valence-corrected chi connectivity index (χ2v) is 3.35. The smallest absolute Gasteiger partial charge is 0.376 e. The molecule has 0 spiro atoms. The van der Waals surface area contributed by atoms with Crippen LogP contribution in [0.3, 0.4) is 0 Å². The molecule has 80 valence electrons. The Bertz CT molecular complexity index is 192. The van der Waals surface area contributed by atoms with Crippen LogP contribution < -0.4 is 27.1 Å². The number of carbonyl (C=O) groups is 1. The van der Waals surface area contributed by atoms with Gasteiger partial charge in [-0.25, -0.2) is 4.79 Å². The van der Waals surface area contributed by atoms with E-state index in [0.29, 0.717) is 0 Å². The van der Waals surface area contributed by atoms with E-state index >= 15 is 0 Å². The van der Waals surface area contributed by atoms with Crippen LogP contribution in [0.5, 0.6) is 0 Å². The summed E-state index contributed by atoms with van der Waals surface area (Å²) < 4.78 is 9.22. The van der Waals surface area contributed by atoms with Gasteiger partial charge in [-0.1, -0.05) is 0 Å². The molecule has 13 heavy (non-hydrogen) atoms. The lowest BCUT2D eigenvalue weighted by molar-refractivity contribution is -0.191. The molecule has 1 unspecified atom stereocenters. The zero-order chi connectivity index (χ0) is 10.4. The number of nitrogens with one attached hydrogen (secondary N) is 1. The lowest BCUT2D eigenvalue weighted by Gasteiger charge is -2.04. The molecule has 1 atom stereocenters. The molecule has 10 heteroatoms. The normalized spacial score (nSPS) is 12.2. The average molecular weight is 216 g/mol. The van der Waals surface area contributed by atoms with Crippen molar-refractivity contribution in [2.24, 2.45) is 11.5 Å². The minimum atomic E-state index is -3.89. The number of amides is 2. The lowest BCUT2D eigenvalue weighted by atomic mass is 10.9. The number of nitrogens with two attached hydrogens (primary N) is 3. The van der Waals surface area contributed by atoms with E-state index in [9.17, 15) is 14.3 Å². The summed E-state index contributed by atoms with van der Waals surface area (Å²) in [5.41, 5.74) is 9.34. The van der Waals surface area contributed by atoms with E-state index in [-0.39, 0.29) is 11.4 Å². The summed E-state index contributed by atoms with van der Waals surface area (Å²) in [5.74, 6) is -0.187. The van der Waals surface area contributed by atoms with Gasteiger partial charge in [0.1, 0.15) is 7.60 Å². The number of hydrogen-bond donors (Lipinski definition) is 5. The number of primary amides is 1. The Hall–Kier alpha value is -1.15. The Kier molecular flexibility index (Phi) is 10.3. The highest BCUT2D eigenvalue weighted by Crippen LogP contribution is 2.19. The Morgan fingerprint density at radius 3 is 1.85 bits per heavy atom. The summed E-state index contributed by atoms with van der Waals surface area (Å²) in [7, 11) is -3.89. The highest BCUT2D eigenvalue weighted by atomic mass is 31.2. The monoisotopic (exact) mass is 216 g/mol. The Morgan fingerprint density at radius 1 is 1.62 bits per heavy atom. The minimum absolute atomic E-state index is 0. The number of carbonyl (C=O) groups excluding carboxylic acids is 1. The van der Waals surface area contributed by atoms with E-state index in [1.165, 1.54) is 0 Å². The second-order valence-electron chi connectivity index (χ2n) is 1.75. The zero-order valence-electron chi connectivity index (χ0n) is 6.85. The summed E-state index contributed by atoms with van der Waals surface area (Å²) >= 11 is 0. The highest BCUT2D eigenvalue weighted by Gasteiger charge is 1.96. The highest BCUT2D eigenvalue weighted by molar-refractivity contribution is 7.49. The van der Waals surface area contributed by atoms with Crippen LogP contribution in [0.25, 0.3) is 0 Å². The molecule has 0 aromatic rings. The van der Waals surface area contributed by atoms with Gasteiger partial charge in [0, 0.05) is 6.66 Å². The average Bonchev–Trinajstić information content (AvgIpc) is 1.52. The molecule has 0 rings (SSSR count). The number of hydrogen-bond acceptors (Lipinski definition) is 3. The maximum atomic E-state index is 9.74. The van der Waals surface area contributed by atoms with Crippen molar-refractivity contribution in [3.8, 4) is 0 Å². The minimum Gasteiger partial charge on any atom is -0.779 e. The summed E-state index contributed by atoms with van der Waals surface area (Å²) in [6.07, 6.45) is 0. The van der Waals surface area contributed by atoms with Gasteiger partial charge in [-0.3, -0.25) is 11.1 Å². The molecule has 0 fully saturated rings. The summed E-state index contributed by atoms with van der Waals surface area (Å²) in [6.45, 7) is 0.743. The van der Waals surface area contributed by atoms with Gasteiger partial charge >= 0.3 is 12.0 Å². The van der Waals surface area contributed by atoms with Crippen molar-refractivity contribution < 1.29 is 30.0 Å². The molecule has 0 heterocycles. The van der Waals surface area contributed by atoms with E-state index in [1.807, 2.05) is 5.32 Å². The third-order valence-electron chi connectivity index (χ3n) is 0.268. The molecular formula is C3H13N4O5P. The molecule has 0 radical (unpaired) electrons. The zero-order valence-corrected chi connectivity index (χ0v) is 7.75. The topological polar surface area (TPSA) is 199 Å². The molecule has 0 bridgehead atoms. The van der Waals surface area contributed by atoms with Crippen LogP contribution in [-0.4, -0.2) is 29.0 Å². The molecular weight excluding hydrogens is 203 g/mol. The van der Waals surface area contributed by atoms with Crippen LogP contribution in [0.2, 0.25) is 0 Å². The van der Waals surface area contributed by atoms with Gasteiger partial charge in [0.05, 0.1) is 0 Å². The van der Waals surface area contributed by atoms with Crippen LogP contribution in [0, 0.1) is 0 Å². The first kappa shape index (κ1) is 17.8. The SMILES string of the molecule is CP(=O)([O-])O.NC(=[NH2+])NC(N)=O.O. The largest absolute Gasteiger partial charge is 0.779 e. The van der Waals surface area contributed by atoms with Gasteiger partial charge in [0.2, 0.25) is 0 Å². The standard InChI is InChI=1S/C2H6N4O.CH5O3P.H2O/c3-1(4)6-2(5)7;1-5(2,3)4;/h(H6,3,4,5,6,7);1H3,(H2,2,3,4);1H2. The van der Waals surface area contributed by atoms with Gasteiger partial charge in [-0.05, 0) is 0 Å². The van der Waals surface area contributed by atoms with E-state index in [4.69, 9.17) is 16.0 Å². The van der Waals surface area contributed by atoms with Crippen molar-refractivity contribution >= 4 is 19.6 Å². The number of urea groups is 1. The molecule has 0 aliphatic carbocycles. The van der Waals surface area contributed by atoms with Gasteiger partial charge in [0.25, 0.3) is 0 Å². The fourth-order valence-electron chi connectivity index (χ4n) is 0.142. The molecule has 0 aliphatic heterocycles. The molecule has 9 nitrogen and oxygen atoms in total. The molecule has 0 saturated heterocycles. The maximum absolute atomic E-state index is 9.74. The molecule has 0 saturated carbocycles. The van der Waals surface area contributed by atoms with E-state index in [2.05, 4.69) is 5.73 Å². The maximum Gasteiger partial charge on any atom is 0.376 e. The number of guanidine groups is 1. The van der Waals surface area contributed by atoms with Crippen molar-refractivity contribution in [1.82, 2.24) is 5.32 Å². The van der Waals surface area contributed by atoms with Gasteiger partial charge in [-0.2, -0.15) is 5.32 Å². The number of rotatable bonds is 0. The summed E-state index contributed by atoms with van der Waals surface area (Å²) in [5, 5.41) is 6.69. The van der Waals surface area contributed by atoms with Crippen molar-refractivity contribution in [1.29, 1.82) is 0 Å². The summed E-state index contributed by atoms with van der Waals surface area (Å²) in [6, 6.07) is -0.750. The predicted octanol–water partition coefficient (Wildman–Crippen LogP) is -4.93. The van der Waals surface area contributed by atoms with E-state index in [1.54, 1.807) is 0 Å². The molecule has 0 aromatic heterocycles. The molecule has 10 N–H and O–H groups in total. The van der Waals surface area contributed by atoms with Crippen LogP contribution in [-0.2, 0) is 4.57 Å². The lowest BCUT2D eigenvalue weighted by Crippen LogP contribution is -2.57. The molecule has 0 aromatic carbocycles. The third kappa shape index (κ3) is 105. The van der Waals surface area contributed by atoms with Crippen molar-refractivity contribution in [3.05, 3.63) is 0 Å². The quantitative estimate of drug-likeness (QED) is 0.153. The van der Waals surface area contributed by atoms with E-state index in [0.717, 1.165) is 6.66 Å².